The summed E-state index contributed by atoms with van der Waals surface area (Å²) >= 11 is 0. The van der Waals surface area contributed by atoms with E-state index in [2.05, 4.69) is 19.9 Å². The number of fused-ring (bicyclic) bond motifs is 7. The summed E-state index contributed by atoms with van der Waals surface area (Å²) in [5, 5.41) is 21.4. The Bertz CT molecular complexity index is 484. The van der Waals surface area contributed by atoms with Crippen LogP contribution in [0.15, 0.2) is 11.6 Å². The van der Waals surface area contributed by atoms with Crippen LogP contribution in [0.25, 0.3) is 0 Å². The summed E-state index contributed by atoms with van der Waals surface area (Å²) in [7, 11) is 0. The molecule has 0 radical (unpaired) electrons. The van der Waals surface area contributed by atoms with Crippen molar-refractivity contribution in [1.82, 2.24) is 0 Å². The largest absolute Gasteiger partial charge is 0.393 e. The molecule has 24 heavy (non-hydrogen) atoms. The zero-order valence-electron chi connectivity index (χ0n) is 15.5. The molecule has 2 nitrogen and oxygen atoms in total. The second-order valence-electron chi connectivity index (χ2n) is 9.49. The molecule has 136 valence electrons. The maximum Gasteiger partial charge on any atom is 0.0597 e. The van der Waals surface area contributed by atoms with Crippen molar-refractivity contribution in [2.45, 2.75) is 83.8 Å². The highest BCUT2D eigenvalue weighted by molar-refractivity contribution is 5.12. The van der Waals surface area contributed by atoms with Crippen LogP contribution in [-0.2, 0) is 0 Å². The molecule has 0 spiro atoms. The molecule has 0 saturated heterocycles. The normalized spacial score (nSPS) is 53.7. The first-order chi connectivity index (χ1) is 11.6. The maximum atomic E-state index is 11.1. The average Bonchev–Trinajstić information content (AvgIpc) is 2.90. The third-order valence-corrected chi connectivity index (χ3v) is 8.46. The van der Waals surface area contributed by atoms with Gasteiger partial charge in [0, 0.05) is 0 Å². The highest BCUT2D eigenvalue weighted by Gasteiger charge is 2.49. The van der Waals surface area contributed by atoms with Gasteiger partial charge in [-0.15, -0.1) is 0 Å². The van der Waals surface area contributed by atoms with E-state index in [1.807, 2.05) is 0 Å². The summed E-state index contributed by atoms with van der Waals surface area (Å²) in [5.74, 6) is 4.62. The zero-order chi connectivity index (χ0) is 16.8. The molecule has 0 aromatic carbocycles. The Morgan fingerprint density at radius 3 is 2.50 bits per heavy atom. The van der Waals surface area contributed by atoms with E-state index in [0.29, 0.717) is 17.8 Å². The molecule has 0 aromatic heterocycles. The molecule has 4 rings (SSSR count). The highest BCUT2D eigenvalue weighted by Crippen LogP contribution is 2.55. The van der Waals surface area contributed by atoms with Gasteiger partial charge in [0.25, 0.3) is 0 Å². The summed E-state index contributed by atoms with van der Waals surface area (Å²) in [6.45, 7) is 4.56. The van der Waals surface area contributed by atoms with E-state index >= 15 is 0 Å². The van der Waals surface area contributed by atoms with E-state index in [4.69, 9.17) is 0 Å². The number of hydrogen-bond donors (Lipinski definition) is 2. The molecule has 2 heteroatoms. The molecular weight excluding hydrogens is 296 g/mol. The SMILES string of the molecule is C/C=C1/CCC2C[C@H]1CCC1C2[C@@H](C)[C@H](O)C2C[C@H](O)CC[C@@H]1C2. The minimum absolute atomic E-state index is 0.182. The van der Waals surface area contributed by atoms with E-state index in [-0.39, 0.29) is 12.2 Å². The summed E-state index contributed by atoms with van der Waals surface area (Å²) in [6, 6.07) is 0. The molecule has 0 heterocycles. The first-order valence-electron chi connectivity index (χ1n) is 10.6. The Labute approximate surface area is 147 Å². The second kappa shape index (κ2) is 6.76. The molecule has 0 aliphatic heterocycles. The van der Waals surface area contributed by atoms with Crippen LogP contribution >= 0.6 is 0 Å². The van der Waals surface area contributed by atoms with Crippen LogP contribution < -0.4 is 0 Å². The van der Waals surface area contributed by atoms with Gasteiger partial charge in [-0.2, -0.15) is 0 Å². The van der Waals surface area contributed by atoms with Crippen LogP contribution in [0, 0.1) is 41.4 Å². The Kier molecular flexibility index (Phi) is 4.81. The van der Waals surface area contributed by atoms with Crippen molar-refractivity contribution in [2.75, 3.05) is 0 Å². The molecular formula is C22H36O2. The lowest BCUT2D eigenvalue weighted by atomic mass is 9.65. The first kappa shape index (κ1) is 17.1. The molecule has 0 amide bonds. The molecule has 4 aliphatic carbocycles. The fourth-order valence-corrected chi connectivity index (χ4v) is 7.33. The summed E-state index contributed by atoms with van der Waals surface area (Å²) < 4.78 is 0. The minimum Gasteiger partial charge on any atom is -0.393 e. The van der Waals surface area contributed by atoms with Crippen molar-refractivity contribution in [1.29, 1.82) is 0 Å². The van der Waals surface area contributed by atoms with Crippen LogP contribution in [-0.4, -0.2) is 22.4 Å². The molecule has 4 aliphatic rings. The Hall–Kier alpha value is -0.340. The van der Waals surface area contributed by atoms with E-state index < -0.39 is 0 Å². The van der Waals surface area contributed by atoms with Gasteiger partial charge in [-0.3, -0.25) is 0 Å². The topological polar surface area (TPSA) is 40.5 Å². The molecule has 9 atom stereocenters. The van der Waals surface area contributed by atoms with Gasteiger partial charge in [-0.25, -0.2) is 0 Å². The fourth-order valence-electron chi connectivity index (χ4n) is 7.33. The quantitative estimate of drug-likeness (QED) is 0.639. The van der Waals surface area contributed by atoms with Crippen LogP contribution in [0.1, 0.15) is 71.6 Å². The molecule has 4 bridgehead atoms. The van der Waals surface area contributed by atoms with Gasteiger partial charge in [0.05, 0.1) is 12.2 Å². The van der Waals surface area contributed by atoms with E-state index in [1.165, 1.54) is 38.5 Å². The predicted molar refractivity (Wildman–Crippen MR) is 97.4 cm³/mol. The van der Waals surface area contributed by atoms with Crippen LogP contribution in [0.4, 0.5) is 0 Å². The van der Waals surface area contributed by atoms with E-state index in [1.54, 1.807) is 5.57 Å². The lowest BCUT2D eigenvalue weighted by Crippen LogP contribution is -2.38. The first-order valence-corrected chi connectivity index (χ1v) is 10.6. The van der Waals surface area contributed by atoms with Crippen molar-refractivity contribution in [3.05, 3.63) is 11.6 Å². The van der Waals surface area contributed by atoms with Gasteiger partial charge in [0.1, 0.15) is 0 Å². The van der Waals surface area contributed by atoms with Crippen molar-refractivity contribution >= 4 is 0 Å². The summed E-state index contributed by atoms with van der Waals surface area (Å²) in [5.41, 5.74) is 1.71. The Balaban J connectivity index is 1.66. The van der Waals surface area contributed by atoms with Gasteiger partial charge >= 0.3 is 0 Å². The monoisotopic (exact) mass is 332 g/mol. The van der Waals surface area contributed by atoms with Crippen molar-refractivity contribution in [2.24, 2.45) is 41.4 Å². The van der Waals surface area contributed by atoms with Crippen molar-refractivity contribution in [3.63, 3.8) is 0 Å². The number of rotatable bonds is 0. The highest BCUT2D eigenvalue weighted by atomic mass is 16.3. The Morgan fingerprint density at radius 2 is 1.71 bits per heavy atom. The number of aliphatic hydroxyl groups is 2. The van der Waals surface area contributed by atoms with E-state index in [9.17, 15) is 10.2 Å². The zero-order valence-corrected chi connectivity index (χ0v) is 15.5. The van der Waals surface area contributed by atoms with Gasteiger partial charge in [-0.1, -0.05) is 18.6 Å². The number of aliphatic hydroxyl groups excluding tert-OH is 2. The van der Waals surface area contributed by atoms with E-state index in [0.717, 1.165) is 42.9 Å². The van der Waals surface area contributed by atoms with Crippen molar-refractivity contribution in [3.8, 4) is 0 Å². The van der Waals surface area contributed by atoms with Crippen LogP contribution in [0.2, 0.25) is 0 Å². The Morgan fingerprint density at radius 1 is 0.875 bits per heavy atom. The second-order valence-corrected chi connectivity index (χ2v) is 9.49. The predicted octanol–water partition coefficient (Wildman–Crippen LogP) is 4.55. The third-order valence-electron chi connectivity index (χ3n) is 8.46. The van der Waals surface area contributed by atoms with Crippen molar-refractivity contribution < 1.29 is 10.2 Å². The maximum absolute atomic E-state index is 11.1. The van der Waals surface area contributed by atoms with Gasteiger partial charge < -0.3 is 10.2 Å². The minimum atomic E-state index is -0.199. The van der Waals surface area contributed by atoms with Gasteiger partial charge in [0.2, 0.25) is 0 Å². The molecule has 4 fully saturated rings. The van der Waals surface area contributed by atoms with Crippen LogP contribution in [0.3, 0.4) is 0 Å². The van der Waals surface area contributed by atoms with Gasteiger partial charge in [-0.05, 0) is 106 Å². The summed E-state index contributed by atoms with van der Waals surface area (Å²) in [4.78, 5) is 0. The molecule has 4 saturated carbocycles. The standard InChI is InChI=1S/C22H36O2/c1-3-14-4-5-17-10-15(14)7-9-20-16-6-8-19(23)12-18(11-16)22(24)13(2)21(17)20/h3,13,15-24H,4-12H2,1-2H3/b14-3-/t13-,15-,16-,17?,18?,19-,20?,21?,22+/m1/s1. The fraction of sp³-hybridized carbons (Fsp3) is 0.909. The lowest BCUT2D eigenvalue weighted by molar-refractivity contribution is -0.00661. The smallest absolute Gasteiger partial charge is 0.0597 e. The number of allylic oxidation sites excluding steroid dienone is 2. The number of hydrogen-bond acceptors (Lipinski definition) is 2. The lowest BCUT2D eigenvalue weighted by Gasteiger charge is -2.41. The third kappa shape index (κ3) is 2.88. The van der Waals surface area contributed by atoms with Crippen LogP contribution in [0.5, 0.6) is 0 Å². The van der Waals surface area contributed by atoms with Gasteiger partial charge in [0.15, 0.2) is 0 Å². The molecule has 0 aromatic rings. The average molecular weight is 333 g/mol. The summed E-state index contributed by atoms with van der Waals surface area (Å²) in [6.07, 6.45) is 12.9. The molecule has 2 N–H and O–H groups in total. The molecule has 4 unspecified atom stereocenters.